The van der Waals surface area contributed by atoms with Crippen molar-refractivity contribution in [1.82, 2.24) is 0 Å². The molecule has 0 radical (unpaired) electrons. The standard InChI is InChI=1S/C32H26N4O4/c33-23-4-12-27(13-5-23)39-29-16-8-25(9-17-29)35-31(37)21-2-1-3-22(20-21)32(38)36-26-10-18-30(19-11-26)40-28-14-6-24(34)7-15-28/h1-20H,33-34H2,(H,35,37)(H,36,38). The zero-order valence-corrected chi connectivity index (χ0v) is 21.3. The highest BCUT2D eigenvalue weighted by molar-refractivity contribution is 6.08. The molecule has 6 N–H and O–H groups in total. The van der Waals surface area contributed by atoms with Crippen LogP contribution in [0.5, 0.6) is 23.0 Å². The van der Waals surface area contributed by atoms with Crippen LogP contribution < -0.4 is 31.6 Å². The van der Waals surface area contributed by atoms with Crippen LogP contribution in [0.3, 0.4) is 0 Å². The Labute approximate surface area is 231 Å². The molecule has 8 nitrogen and oxygen atoms in total. The third kappa shape index (κ3) is 6.76. The number of carbonyl (C=O) groups is 2. The topological polar surface area (TPSA) is 129 Å². The van der Waals surface area contributed by atoms with Crippen molar-refractivity contribution in [2.75, 3.05) is 22.1 Å². The van der Waals surface area contributed by atoms with Crippen molar-refractivity contribution in [2.24, 2.45) is 0 Å². The average molecular weight is 531 g/mol. The lowest BCUT2D eigenvalue weighted by Crippen LogP contribution is -2.15. The molecule has 0 aromatic heterocycles. The van der Waals surface area contributed by atoms with Gasteiger partial charge < -0.3 is 31.6 Å². The fraction of sp³-hybridized carbons (Fsp3) is 0. The summed E-state index contributed by atoms with van der Waals surface area (Å²) in [6, 6.07) is 34.6. The zero-order chi connectivity index (χ0) is 27.9. The second kappa shape index (κ2) is 11.7. The Kier molecular flexibility index (Phi) is 7.60. The predicted molar refractivity (Wildman–Crippen MR) is 157 cm³/mol. The first-order chi connectivity index (χ1) is 19.4. The minimum Gasteiger partial charge on any atom is -0.457 e. The molecule has 0 aliphatic heterocycles. The van der Waals surface area contributed by atoms with Crippen LogP contribution in [-0.4, -0.2) is 11.8 Å². The van der Waals surface area contributed by atoms with Crippen LogP contribution in [0.4, 0.5) is 22.7 Å². The number of benzene rings is 5. The highest BCUT2D eigenvalue weighted by Gasteiger charge is 2.12. The summed E-state index contributed by atoms with van der Waals surface area (Å²) < 4.78 is 11.6. The summed E-state index contributed by atoms with van der Waals surface area (Å²) in [5.41, 5.74) is 14.6. The number of rotatable bonds is 8. The Morgan fingerprint density at radius 1 is 0.475 bits per heavy atom. The summed E-state index contributed by atoms with van der Waals surface area (Å²) in [6.45, 7) is 0. The Morgan fingerprint density at radius 3 is 1.15 bits per heavy atom. The quantitative estimate of drug-likeness (QED) is 0.161. The first-order valence-corrected chi connectivity index (χ1v) is 12.4. The number of anilines is 4. The summed E-state index contributed by atoms with van der Waals surface area (Å²) in [4.78, 5) is 25.7. The highest BCUT2D eigenvalue weighted by Crippen LogP contribution is 2.25. The van der Waals surface area contributed by atoms with E-state index < -0.39 is 0 Å². The molecule has 0 bridgehead atoms. The molecule has 8 heteroatoms. The lowest BCUT2D eigenvalue weighted by molar-refractivity contribution is 0.102. The maximum Gasteiger partial charge on any atom is 0.255 e. The number of nitrogens with two attached hydrogens (primary N) is 2. The van der Waals surface area contributed by atoms with Gasteiger partial charge in [-0.25, -0.2) is 0 Å². The minimum absolute atomic E-state index is 0.342. The lowest BCUT2D eigenvalue weighted by atomic mass is 10.1. The fourth-order valence-electron chi connectivity index (χ4n) is 3.76. The Hall–Kier alpha value is -5.76. The van der Waals surface area contributed by atoms with Crippen molar-refractivity contribution < 1.29 is 19.1 Å². The maximum atomic E-state index is 12.9. The summed E-state index contributed by atoms with van der Waals surface area (Å²) in [5, 5.41) is 5.68. The van der Waals surface area contributed by atoms with Gasteiger partial charge in [0.2, 0.25) is 0 Å². The molecule has 0 saturated heterocycles. The van der Waals surface area contributed by atoms with Crippen molar-refractivity contribution in [2.45, 2.75) is 0 Å². The number of ether oxygens (including phenoxy) is 2. The van der Waals surface area contributed by atoms with Crippen LogP contribution in [0.15, 0.2) is 121 Å². The number of carbonyl (C=O) groups excluding carboxylic acids is 2. The van der Waals surface area contributed by atoms with E-state index in [-0.39, 0.29) is 11.8 Å². The van der Waals surface area contributed by atoms with Gasteiger partial charge in [0.25, 0.3) is 11.8 Å². The molecule has 40 heavy (non-hydrogen) atoms. The van der Waals surface area contributed by atoms with Crippen LogP contribution >= 0.6 is 0 Å². The third-order valence-corrected chi connectivity index (χ3v) is 5.84. The molecule has 0 aliphatic rings. The number of hydrogen-bond acceptors (Lipinski definition) is 6. The smallest absolute Gasteiger partial charge is 0.255 e. The average Bonchev–Trinajstić information content (AvgIpc) is 2.97. The van der Waals surface area contributed by atoms with E-state index in [1.54, 1.807) is 121 Å². The summed E-state index contributed by atoms with van der Waals surface area (Å²) in [6.07, 6.45) is 0. The highest BCUT2D eigenvalue weighted by atomic mass is 16.5. The van der Waals surface area contributed by atoms with Gasteiger partial charge >= 0.3 is 0 Å². The molecule has 5 rings (SSSR count). The van der Waals surface area contributed by atoms with E-state index in [2.05, 4.69) is 10.6 Å². The molecule has 0 saturated carbocycles. The van der Waals surface area contributed by atoms with Crippen molar-refractivity contribution in [3.05, 3.63) is 132 Å². The van der Waals surface area contributed by atoms with E-state index in [1.807, 2.05) is 0 Å². The second-order valence-corrected chi connectivity index (χ2v) is 8.88. The fourth-order valence-corrected chi connectivity index (χ4v) is 3.76. The largest absolute Gasteiger partial charge is 0.457 e. The minimum atomic E-state index is -0.342. The van der Waals surface area contributed by atoms with E-state index in [4.69, 9.17) is 20.9 Å². The van der Waals surface area contributed by atoms with Crippen LogP contribution in [0.2, 0.25) is 0 Å². The first kappa shape index (κ1) is 25.9. The number of nitrogen functional groups attached to an aromatic ring is 2. The molecule has 0 heterocycles. The van der Waals surface area contributed by atoms with Crippen LogP contribution in [0.25, 0.3) is 0 Å². The SMILES string of the molecule is Nc1ccc(Oc2ccc(NC(=O)c3cccc(C(=O)Nc4ccc(Oc5ccc(N)cc5)cc4)c3)cc2)cc1. The van der Waals surface area contributed by atoms with Gasteiger partial charge in [-0.15, -0.1) is 0 Å². The molecule has 0 unspecified atom stereocenters. The van der Waals surface area contributed by atoms with Gasteiger partial charge in [-0.3, -0.25) is 9.59 Å². The van der Waals surface area contributed by atoms with Gasteiger partial charge in [0.1, 0.15) is 23.0 Å². The number of hydrogen-bond donors (Lipinski definition) is 4. The molecule has 198 valence electrons. The summed E-state index contributed by atoms with van der Waals surface area (Å²) in [5.74, 6) is 1.86. The lowest BCUT2D eigenvalue weighted by Gasteiger charge is -2.10. The molecule has 0 aliphatic carbocycles. The predicted octanol–water partition coefficient (Wildman–Crippen LogP) is 6.94. The second-order valence-electron chi connectivity index (χ2n) is 8.88. The van der Waals surface area contributed by atoms with Crippen molar-refractivity contribution in [3.63, 3.8) is 0 Å². The summed E-state index contributed by atoms with van der Waals surface area (Å²) >= 11 is 0. The molecule has 0 atom stereocenters. The van der Waals surface area contributed by atoms with Gasteiger partial charge in [0, 0.05) is 33.9 Å². The maximum absolute atomic E-state index is 12.9. The van der Waals surface area contributed by atoms with Gasteiger partial charge in [-0.2, -0.15) is 0 Å². The number of amides is 2. The van der Waals surface area contributed by atoms with E-state index in [0.29, 0.717) is 56.9 Å². The van der Waals surface area contributed by atoms with Crippen LogP contribution in [-0.2, 0) is 0 Å². The van der Waals surface area contributed by atoms with Gasteiger partial charge in [0.05, 0.1) is 0 Å². The normalized spacial score (nSPS) is 10.4. The Bertz CT molecular complexity index is 1500. The Balaban J connectivity index is 1.17. The van der Waals surface area contributed by atoms with E-state index >= 15 is 0 Å². The molecular formula is C32H26N4O4. The molecule has 0 fully saturated rings. The Morgan fingerprint density at radius 2 is 0.800 bits per heavy atom. The van der Waals surface area contributed by atoms with Crippen LogP contribution in [0.1, 0.15) is 20.7 Å². The van der Waals surface area contributed by atoms with Crippen molar-refractivity contribution in [1.29, 1.82) is 0 Å². The zero-order valence-electron chi connectivity index (χ0n) is 21.3. The van der Waals surface area contributed by atoms with Crippen molar-refractivity contribution >= 4 is 34.6 Å². The molecule has 5 aromatic rings. The molecule has 2 amide bonds. The molecule has 0 spiro atoms. The summed E-state index contributed by atoms with van der Waals surface area (Å²) in [7, 11) is 0. The van der Waals surface area contributed by atoms with E-state index in [1.165, 1.54) is 0 Å². The third-order valence-electron chi connectivity index (χ3n) is 5.84. The monoisotopic (exact) mass is 530 g/mol. The number of nitrogens with one attached hydrogen (secondary N) is 2. The van der Waals surface area contributed by atoms with E-state index in [9.17, 15) is 9.59 Å². The van der Waals surface area contributed by atoms with Crippen LogP contribution in [0, 0.1) is 0 Å². The molecular weight excluding hydrogens is 504 g/mol. The van der Waals surface area contributed by atoms with E-state index in [0.717, 1.165) is 0 Å². The van der Waals surface area contributed by atoms with Gasteiger partial charge in [0.15, 0.2) is 0 Å². The van der Waals surface area contributed by atoms with Crippen molar-refractivity contribution in [3.8, 4) is 23.0 Å². The first-order valence-electron chi connectivity index (χ1n) is 12.4. The van der Waals surface area contributed by atoms with Gasteiger partial charge in [-0.1, -0.05) is 6.07 Å². The van der Waals surface area contributed by atoms with Gasteiger partial charge in [-0.05, 0) is 115 Å². The molecule has 5 aromatic carbocycles.